The van der Waals surface area contributed by atoms with Gasteiger partial charge >= 0.3 is 0 Å². The minimum absolute atomic E-state index is 0.215. The van der Waals surface area contributed by atoms with Crippen molar-refractivity contribution in [3.05, 3.63) is 53.7 Å². The Labute approximate surface area is 150 Å². The van der Waals surface area contributed by atoms with E-state index in [1.165, 1.54) is 7.05 Å². The first-order valence-corrected chi connectivity index (χ1v) is 9.56. The SMILES string of the molecule is CNS(=O)(=O)c1cc(-c2nnc3c4ccccc4c(C)nn23)ccc1C. The van der Waals surface area contributed by atoms with E-state index in [-0.39, 0.29) is 4.90 Å². The molecule has 2 aromatic carbocycles. The minimum atomic E-state index is -3.57. The average Bonchev–Trinajstić information content (AvgIpc) is 3.06. The van der Waals surface area contributed by atoms with E-state index in [1.807, 2.05) is 37.3 Å². The van der Waals surface area contributed by atoms with Gasteiger partial charge in [-0.3, -0.25) is 0 Å². The zero-order valence-corrected chi connectivity index (χ0v) is 15.4. The molecule has 0 atom stereocenters. The van der Waals surface area contributed by atoms with Crippen LogP contribution in [0.3, 0.4) is 0 Å². The quantitative estimate of drug-likeness (QED) is 0.601. The number of sulfonamides is 1. The third-order valence-electron chi connectivity index (χ3n) is 4.45. The number of aryl methyl sites for hydroxylation is 2. The lowest BCUT2D eigenvalue weighted by molar-refractivity contribution is 0.587. The Balaban J connectivity index is 2.00. The summed E-state index contributed by atoms with van der Waals surface area (Å²) in [7, 11) is -2.17. The molecule has 2 heterocycles. The van der Waals surface area contributed by atoms with Crippen LogP contribution in [0.15, 0.2) is 47.4 Å². The summed E-state index contributed by atoms with van der Waals surface area (Å²) >= 11 is 0. The van der Waals surface area contributed by atoms with Crippen LogP contribution in [0.5, 0.6) is 0 Å². The number of fused-ring (bicyclic) bond motifs is 3. The molecule has 0 spiro atoms. The Morgan fingerprint density at radius 3 is 2.46 bits per heavy atom. The number of rotatable bonds is 3. The predicted molar refractivity (Wildman–Crippen MR) is 99.4 cm³/mol. The molecule has 4 rings (SSSR count). The number of hydrogen-bond acceptors (Lipinski definition) is 5. The molecule has 0 fully saturated rings. The summed E-state index contributed by atoms with van der Waals surface area (Å²) in [4.78, 5) is 0.215. The molecule has 0 saturated carbocycles. The van der Waals surface area contributed by atoms with Gasteiger partial charge in [-0.25, -0.2) is 13.1 Å². The van der Waals surface area contributed by atoms with E-state index in [2.05, 4.69) is 20.0 Å². The molecule has 1 N–H and O–H groups in total. The molecular formula is C18H17N5O2S. The van der Waals surface area contributed by atoms with Gasteiger partial charge < -0.3 is 0 Å². The number of hydrogen-bond donors (Lipinski definition) is 1. The molecular weight excluding hydrogens is 350 g/mol. The van der Waals surface area contributed by atoms with Crippen molar-refractivity contribution in [1.82, 2.24) is 24.5 Å². The summed E-state index contributed by atoms with van der Waals surface area (Å²) in [6, 6.07) is 13.1. The third-order valence-corrected chi connectivity index (χ3v) is 6.01. The lowest BCUT2D eigenvalue weighted by atomic mass is 10.1. The highest BCUT2D eigenvalue weighted by Gasteiger charge is 2.19. The molecule has 7 nitrogen and oxygen atoms in total. The standard InChI is InChI=1S/C18H17N5O2S/c1-11-8-9-13(10-16(11)26(24,25)19-3)17-20-21-18-15-7-5-4-6-14(15)12(2)22-23(17)18/h4-10,19H,1-3H3. The first-order valence-electron chi connectivity index (χ1n) is 8.07. The lowest BCUT2D eigenvalue weighted by Crippen LogP contribution is -2.19. The van der Waals surface area contributed by atoms with Crippen LogP contribution in [0.2, 0.25) is 0 Å². The molecule has 0 aliphatic rings. The second-order valence-electron chi connectivity index (χ2n) is 6.08. The first kappa shape index (κ1) is 16.6. The van der Waals surface area contributed by atoms with Gasteiger partial charge in [0.1, 0.15) is 0 Å². The molecule has 8 heteroatoms. The number of nitrogens with one attached hydrogen (secondary N) is 1. The van der Waals surface area contributed by atoms with Crippen molar-refractivity contribution >= 4 is 26.4 Å². The fourth-order valence-electron chi connectivity index (χ4n) is 3.06. The maximum absolute atomic E-state index is 12.3. The van der Waals surface area contributed by atoms with Crippen LogP contribution in [-0.4, -0.2) is 35.3 Å². The van der Waals surface area contributed by atoms with Crippen molar-refractivity contribution in [2.75, 3.05) is 7.05 Å². The number of nitrogens with zero attached hydrogens (tertiary/aromatic N) is 4. The van der Waals surface area contributed by atoms with Crippen LogP contribution in [0.25, 0.3) is 27.8 Å². The van der Waals surface area contributed by atoms with Crippen molar-refractivity contribution in [3.8, 4) is 11.4 Å². The Hall–Kier alpha value is -2.84. The van der Waals surface area contributed by atoms with Gasteiger partial charge in [-0.05, 0) is 32.5 Å². The number of aromatic nitrogens is 4. The molecule has 132 valence electrons. The molecule has 0 saturated heterocycles. The van der Waals surface area contributed by atoms with Crippen LogP contribution in [0, 0.1) is 13.8 Å². The summed E-state index contributed by atoms with van der Waals surface area (Å²) in [6.45, 7) is 3.68. The topological polar surface area (TPSA) is 89.2 Å². The Morgan fingerprint density at radius 1 is 1.00 bits per heavy atom. The average molecular weight is 367 g/mol. The lowest BCUT2D eigenvalue weighted by Gasteiger charge is -2.09. The fourth-order valence-corrected chi connectivity index (χ4v) is 4.05. The zero-order valence-electron chi connectivity index (χ0n) is 14.6. The maximum Gasteiger partial charge on any atom is 0.240 e. The predicted octanol–water partition coefficient (Wildman–Crippen LogP) is 2.47. The summed E-state index contributed by atoms with van der Waals surface area (Å²) in [6.07, 6.45) is 0. The van der Waals surface area contributed by atoms with E-state index in [0.29, 0.717) is 22.6 Å². The fraction of sp³-hybridized carbons (Fsp3) is 0.167. The smallest absolute Gasteiger partial charge is 0.214 e. The normalized spacial score (nSPS) is 12.1. The highest BCUT2D eigenvalue weighted by atomic mass is 32.2. The molecule has 0 amide bonds. The van der Waals surface area contributed by atoms with Gasteiger partial charge in [-0.2, -0.15) is 9.61 Å². The van der Waals surface area contributed by atoms with Gasteiger partial charge in [-0.15, -0.1) is 10.2 Å². The molecule has 0 unspecified atom stereocenters. The van der Waals surface area contributed by atoms with Crippen molar-refractivity contribution in [2.45, 2.75) is 18.7 Å². The summed E-state index contributed by atoms with van der Waals surface area (Å²) in [5.74, 6) is 0.501. The van der Waals surface area contributed by atoms with Crippen LogP contribution >= 0.6 is 0 Å². The van der Waals surface area contributed by atoms with E-state index >= 15 is 0 Å². The summed E-state index contributed by atoms with van der Waals surface area (Å²) < 4.78 is 28.6. The second kappa shape index (κ2) is 5.86. The van der Waals surface area contributed by atoms with Gasteiger partial charge in [0.05, 0.1) is 10.6 Å². The molecule has 4 aromatic rings. The van der Waals surface area contributed by atoms with Gasteiger partial charge in [0.15, 0.2) is 11.5 Å². The zero-order chi connectivity index (χ0) is 18.5. The maximum atomic E-state index is 12.3. The molecule has 2 aromatic heterocycles. The Morgan fingerprint density at radius 2 is 1.73 bits per heavy atom. The second-order valence-corrected chi connectivity index (χ2v) is 7.93. The molecule has 26 heavy (non-hydrogen) atoms. The summed E-state index contributed by atoms with van der Waals surface area (Å²) in [5.41, 5.74) is 2.79. The van der Waals surface area contributed by atoms with Crippen LogP contribution in [0.1, 0.15) is 11.3 Å². The highest BCUT2D eigenvalue weighted by Crippen LogP contribution is 2.27. The van der Waals surface area contributed by atoms with Gasteiger partial charge in [-0.1, -0.05) is 36.4 Å². The van der Waals surface area contributed by atoms with Gasteiger partial charge in [0.25, 0.3) is 0 Å². The highest BCUT2D eigenvalue weighted by molar-refractivity contribution is 7.89. The Kier molecular flexibility index (Phi) is 3.74. The van der Waals surface area contributed by atoms with Crippen LogP contribution in [0.4, 0.5) is 0 Å². The summed E-state index contributed by atoms with van der Waals surface area (Å²) in [5, 5.41) is 15.1. The van der Waals surface area contributed by atoms with Crippen LogP contribution in [-0.2, 0) is 10.0 Å². The molecule has 0 radical (unpaired) electrons. The molecule has 0 aliphatic heterocycles. The molecule has 0 aliphatic carbocycles. The largest absolute Gasteiger partial charge is 0.240 e. The van der Waals surface area contributed by atoms with Gasteiger partial charge in [0.2, 0.25) is 10.0 Å². The van der Waals surface area contributed by atoms with Crippen molar-refractivity contribution in [3.63, 3.8) is 0 Å². The first-order chi connectivity index (χ1) is 12.4. The van der Waals surface area contributed by atoms with Crippen LogP contribution < -0.4 is 4.72 Å². The van der Waals surface area contributed by atoms with Gasteiger partial charge in [0, 0.05) is 16.3 Å². The van der Waals surface area contributed by atoms with Crippen molar-refractivity contribution in [2.24, 2.45) is 0 Å². The Bertz CT molecular complexity index is 1260. The number of benzene rings is 2. The monoisotopic (exact) mass is 367 g/mol. The van der Waals surface area contributed by atoms with E-state index in [0.717, 1.165) is 16.5 Å². The van der Waals surface area contributed by atoms with E-state index in [1.54, 1.807) is 23.6 Å². The third kappa shape index (κ3) is 2.46. The van der Waals surface area contributed by atoms with Crippen molar-refractivity contribution < 1.29 is 8.42 Å². The minimum Gasteiger partial charge on any atom is -0.214 e. The van der Waals surface area contributed by atoms with E-state index < -0.39 is 10.0 Å². The van der Waals surface area contributed by atoms with Crippen molar-refractivity contribution in [1.29, 1.82) is 0 Å². The van der Waals surface area contributed by atoms with E-state index in [4.69, 9.17) is 0 Å². The van der Waals surface area contributed by atoms with E-state index in [9.17, 15) is 8.42 Å². The molecule has 0 bridgehead atoms.